The Morgan fingerprint density at radius 3 is 2.00 bits per heavy atom. The van der Waals surface area contributed by atoms with Crippen LogP contribution in [-0.4, -0.2) is 41.1 Å². The van der Waals surface area contributed by atoms with Crippen LogP contribution < -0.4 is 0 Å². The fourth-order valence-electron chi connectivity index (χ4n) is 6.57. The molecule has 4 aliphatic rings. The van der Waals surface area contributed by atoms with Gasteiger partial charge in [-0.25, -0.2) is 9.59 Å². The van der Waals surface area contributed by atoms with E-state index in [-0.39, 0.29) is 29.5 Å². The maximum atomic E-state index is 13.1. The second-order valence-electron chi connectivity index (χ2n) is 10.4. The molecule has 1 N–H and O–H groups in total. The summed E-state index contributed by atoms with van der Waals surface area (Å²) in [4.78, 5) is 38.5. The number of carbonyl (C=O) groups excluding carboxylic acids is 3. The second kappa shape index (κ2) is 7.88. The molecule has 0 aromatic heterocycles. The van der Waals surface area contributed by atoms with Gasteiger partial charge in [0.2, 0.25) is 0 Å². The van der Waals surface area contributed by atoms with Crippen LogP contribution in [0.15, 0.2) is 23.3 Å². The average molecular weight is 433 g/mol. The molecule has 0 saturated heterocycles. The first-order chi connectivity index (χ1) is 14.3. The number of carbonyl (C=O) groups is 3. The van der Waals surface area contributed by atoms with Gasteiger partial charge in [0, 0.05) is 34.3 Å². The summed E-state index contributed by atoms with van der Waals surface area (Å²) in [6.07, 6.45) is 0.736. The van der Waals surface area contributed by atoms with E-state index in [2.05, 4.69) is 0 Å². The van der Waals surface area contributed by atoms with Crippen molar-refractivity contribution in [3.63, 3.8) is 0 Å². The number of aliphatic hydroxyl groups is 1. The van der Waals surface area contributed by atoms with Gasteiger partial charge in [-0.2, -0.15) is 0 Å². The molecule has 4 saturated carbocycles. The quantitative estimate of drug-likeness (QED) is 0.539. The SMILES string of the molecule is C/C=C(/C)C(=O)O[C@@H]1[C@@H](OC(=O)/C(C)=C\C)C(C)(C)[C@@H]2C3C(=O)C[C@@H](C)[C@@H]2[C@]3(C)[C@@H]1O. The van der Waals surface area contributed by atoms with Crippen molar-refractivity contribution in [1.29, 1.82) is 0 Å². The van der Waals surface area contributed by atoms with Crippen LogP contribution in [0.2, 0.25) is 0 Å². The minimum absolute atomic E-state index is 0.0568. The van der Waals surface area contributed by atoms with Crippen LogP contribution in [0.4, 0.5) is 0 Å². The number of aliphatic hydroxyl groups excluding tert-OH is 1. The number of ketones is 1. The van der Waals surface area contributed by atoms with Crippen LogP contribution in [0.5, 0.6) is 0 Å². The third-order valence-electron chi connectivity index (χ3n) is 8.44. The fourth-order valence-corrected chi connectivity index (χ4v) is 6.57. The molecular weight excluding hydrogens is 396 g/mol. The summed E-state index contributed by atoms with van der Waals surface area (Å²) < 4.78 is 11.8. The van der Waals surface area contributed by atoms with E-state index in [1.54, 1.807) is 39.8 Å². The Labute approximate surface area is 185 Å². The van der Waals surface area contributed by atoms with Crippen molar-refractivity contribution in [3.8, 4) is 0 Å². The molecule has 6 heteroatoms. The molecule has 4 bridgehead atoms. The Balaban J connectivity index is 2.12. The molecule has 0 aromatic carbocycles. The van der Waals surface area contributed by atoms with Crippen molar-refractivity contribution in [2.45, 2.75) is 80.1 Å². The van der Waals surface area contributed by atoms with E-state index in [9.17, 15) is 19.5 Å². The highest BCUT2D eigenvalue weighted by Crippen LogP contribution is 2.72. The lowest BCUT2D eigenvalue weighted by Crippen LogP contribution is -2.70. The summed E-state index contributed by atoms with van der Waals surface area (Å²) in [7, 11) is 0. The predicted molar refractivity (Wildman–Crippen MR) is 116 cm³/mol. The molecule has 4 aliphatic carbocycles. The first kappa shape index (κ1) is 23.7. The van der Waals surface area contributed by atoms with E-state index in [1.807, 2.05) is 27.7 Å². The minimum Gasteiger partial charge on any atom is -0.454 e. The highest BCUT2D eigenvalue weighted by molar-refractivity contribution is 5.89. The highest BCUT2D eigenvalue weighted by Gasteiger charge is 2.77. The number of esters is 2. The summed E-state index contributed by atoms with van der Waals surface area (Å²) in [5, 5.41) is 11.6. The largest absolute Gasteiger partial charge is 0.454 e. The van der Waals surface area contributed by atoms with Gasteiger partial charge >= 0.3 is 11.9 Å². The van der Waals surface area contributed by atoms with E-state index in [0.717, 1.165) is 0 Å². The molecule has 0 amide bonds. The van der Waals surface area contributed by atoms with Gasteiger partial charge in [0.25, 0.3) is 0 Å². The highest BCUT2D eigenvalue weighted by atomic mass is 16.6. The van der Waals surface area contributed by atoms with Crippen LogP contribution in [-0.2, 0) is 23.9 Å². The van der Waals surface area contributed by atoms with E-state index >= 15 is 0 Å². The van der Waals surface area contributed by atoms with Gasteiger partial charge in [0.15, 0.2) is 6.10 Å². The summed E-state index contributed by atoms with van der Waals surface area (Å²) >= 11 is 0. The smallest absolute Gasteiger partial charge is 0.333 e. The van der Waals surface area contributed by atoms with E-state index in [0.29, 0.717) is 17.6 Å². The number of Topliss-reactive ketones (excluding diaryl/α,β-unsaturated/α-hetero) is 1. The Morgan fingerprint density at radius 1 is 1.00 bits per heavy atom. The molecule has 0 spiro atoms. The molecule has 172 valence electrons. The summed E-state index contributed by atoms with van der Waals surface area (Å²) in [6.45, 7) is 14.7. The minimum atomic E-state index is -1.12. The van der Waals surface area contributed by atoms with Gasteiger partial charge in [-0.05, 0) is 45.4 Å². The standard InChI is InChI=1S/C25H36O6/c1-9-12(3)22(28)30-19-20(27)25(8)16-14(5)11-15(26)17(25)18(16)24(6,7)21(19)31-23(29)13(4)10-2/h9-10,14,16-21,27H,11H2,1-8H3/b12-9-,13-10-/t14-,16+,17?,18+,19+,20-,21-,25+/m1/s1. The van der Waals surface area contributed by atoms with Crippen molar-refractivity contribution >= 4 is 17.7 Å². The molecule has 4 fully saturated rings. The van der Waals surface area contributed by atoms with Gasteiger partial charge in [-0.1, -0.05) is 39.8 Å². The lowest BCUT2D eigenvalue weighted by atomic mass is 9.35. The number of ether oxygens (including phenoxy) is 2. The summed E-state index contributed by atoms with van der Waals surface area (Å²) in [5.41, 5.74) is -0.546. The maximum absolute atomic E-state index is 13.1. The van der Waals surface area contributed by atoms with Crippen molar-refractivity contribution in [3.05, 3.63) is 23.3 Å². The van der Waals surface area contributed by atoms with Crippen molar-refractivity contribution < 1.29 is 29.0 Å². The zero-order valence-corrected chi connectivity index (χ0v) is 19.9. The molecule has 4 rings (SSSR count). The topological polar surface area (TPSA) is 89.9 Å². The second-order valence-corrected chi connectivity index (χ2v) is 10.4. The van der Waals surface area contributed by atoms with Crippen LogP contribution >= 0.6 is 0 Å². The molecule has 1 unspecified atom stereocenters. The van der Waals surface area contributed by atoms with Crippen molar-refractivity contribution in [2.75, 3.05) is 0 Å². The molecule has 0 aromatic rings. The Hall–Kier alpha value is -1.95. The van der Waals surface area contributed by atoms with Crippen LogP contribution in [0.3, 0.4) is 0 Å². The molecule has 0 aliphatic heterocycles. The number of hydrogen-bond donors (Lipinski definition) is 1. The van der Waals surface area contributed by atoms with Crippen LogP contribution in [0.25, 0.3) is 0 Å². The zero-order chi connectivity index (χ0) is 23.5. The van der Waals surface area contributed by atoms with E-state index in [1.165, 1.54) is 0 Å². The normalized spacial score (nSPS) is 41.7. The van der Waals surface area contributed by atoms with E-state index < -0.39 is 41.1 Å². The van der Waals surface area contributed by atoms with Crippen LogP contribution in [0, 0.1) is 34.5 Å². The van der Waals surface area contributed by atoms with Gasteiger partial charge in [0.05, 0.1) is 0 Å². The Morgan fingerprint density at radius 2 is 1.52 bits per heavy atom. The lowest BCUT2D eigenvalue weighted by molar-refractivity contribution is -0.236. The number of rotatable bonds is 4. The Bertz CT molecular complexity index is 852. The maximum Gasteiger partial charge on any atom is 0.333 e. The average Bonchev–Trinajstić information content (AvgIpc) is 2.78. The Kier molecular flexibility index (Phi) is 6.02. The number of allylic oxidation sites excluding steroid dienone is 2. The van der Waals surface area contributed by atoms with Gasteiger partial charge in [-0.3, -0.25) is 4.79 Å². The van der Waals surface area contributed by atoms with Gasteiger partial charge < -0.3 is 14.6 Å². The predicted octanol–water partition coefficient (Wildman–Crippen LogP) is 3.62. The van der Waals surface area contributed by atoms with Gasteiger partial charge in [0.1, 0.15) is 18.0 Å². The summed E-state index contributed by atoms with van der Waals surface area (Å²) in [5.74, 6) is -1.14. The molecule has 6 nitrogen and oxygen atoms in total. The van der Waals surface area contributed by atoms with Gasteiger partial charge in [-0.15, -0.1) is 0 Å². The molecule has 0 heterocycles. The first-order valence-electron chi connectivity index (χ1n) is 11.2. The van der Waals surface area contributed by atoms with Crippen molar-refractivity contribution in [2.24, 2.45) is 34.5 Å². The summed E-state index contributed by atoms with van der Waals surface area (Å²) in [6, 6.07) is 0. The van der Waals surface area contributed by atoms with Crippen molar-refractivity contribution in [1.82, 2.24) is 0 Å². The molecular formula is C25H36O6. The lowest BCUT2D eigenvalue weighted by Gasteiger charge is -2.68. The fraction of sp³-hybridized carbons (Fsp3) is 0.720. The molecule has 8 atom stereocenters. The monoisotopic (exact) mass is 432 g/mol. The van der Waals surface area contributed by atoms with E-state index in [4.69, 9.17) is 9.47 Å². The first-order valence-corrected chi connectivity index (χ1v) is 11.2. The number of hydrogen-bond acceptors (Lipinski definition) is 6. The number of fused-ring (bicyclic) bond motifs is 3. The molecule has 0 radical (unpaired) electrons. The molecule has 31 heavy (non-hydrogen) atoms. The third kappa shape index (κ3) is 3.29. The zero-order valence-electron chi connectivity index (χ0n) is 19.9. The van der Waals surface area contributed by atoms with Crippen LogP contribution in [0.1, 0.15) is 61.8 Å². The third-order valence-corrected chi connectivity index (χ3v) is 8.44.